The molecule has 12 heteroatoms. The first-order chi connectivity index (χ1) is 17.7. The maximum atomic E-state index is 13.8. The number of primary amides is 1. The summed E-state index contributed by atoms with van der Waals surface area (Å²) < 4.78 is 36.3. The fraction of sp³-hybridized carbons (Fsp3) is 0.120. The fourth-order valence-corrected chi connectivity index (χ4v) is 4.38. The summed E-state index contributed by atoms with van der Waals surface area (Å²) in [6.07, 6.45) is 1.41. The molecular weight excluding hydrogens is 504 g/mol. The van der Waals surface area contributed by atoms with Crippen LogP contribution in [0.3, 0.4) is 0 Å². The van der Waals surface area contributed by atoms with E-state index in [1.165, 1.54) is 47.6 Å². The summed E-state index contributed by atoms with van der Waals surface area (Å²) in [7, 11) is 0. The molecule has 5 N–H and O–H groups in total. The van der Waals surface area contributed by atoms with Gasteiger partial charge in [0.1, 0.15) is 28.3 Å². The number of carbonyl (C=O) groups excluding carboxylic acids is 3. The number of furan rings is 1. The van der Waals surface area contributed by atoms with Crippen LogP contribution in [0.5, 0.6) is 0 Å². The smallest absolute Gasteiger partial charge is 0.270 e. The fourth-order valence-electron chi connectivity index (χ4n) is 3.62. The first-order valence-corrected chi connectivity index (χ1v) is 11.7. The van der Waals surface area contributed by atoms with E-state index in [-0.39, 0.29) is 29.3 Å². The first-order valence-electron chi connectivity index (χ1n) is 10.9. The van der Waals surface area contributed by atoms with Gasteiger partial charge in [-0.1, -0.05) is 24.3 Å². The van der Waals surface area contributed by atoms with Gasteiger partial charge in [0.05, 0.1) is 18.5 Å². The molecule has 0 aliphatic rings. The van der Waals surface area contributed by atoms with Crippen molar-refractivity contribution in [3.63, 3.8) is 0 Å². The SMILES string of the molecule is NC(=O)c1nsc(C(=O)N(Cc2ccco2)C(C(=O)NCc2ccc(F)cc2)c2ccc(F)cc2)c1N. The number of nitrogens with two attached hydrogens (primary N) is 2. The Morgan fingerprint density at radius 3 is 2.24 bits per heavy atom. The zero-order chi connectivity index (χ0) is 26.5. The summed E-state index contributed by atoms with van der Waals surface area (Å²) in [5.41, 5.74) is 11.7. The van der Waals surface area contributed by atoms with Crippen LogP contribution in [0, 0.1) is 11.6 Å². The molecule has 4 rings (SSSR count). The molecule has 9 nitrogen and oxygen atoms in total. The van der Waals surface area contributed by atoms with Gasteiger partial charge < -0.3 is 26.1 Å². The molecule has 4 aromatic rings. The van der Waals surface area contributed by atoms with Crippen LogP contribution in [0.1, 0.15) is 43.1 Å². The highest BCUT2D eigenvalue weighted by atomic mass is 32.1. The Labute approximate surface area is 213 Å². The van der Waals surface area contributed by atoms with Gasteiger partial charge in [-0.25, -0.2) is 8.78 Å². The molecular formula is C25H21F2N5O4S. The molecule has 0 radical (unpaired) electrons. The van der Waals surface area contributed by atoms with E-state index < -0.39 is 35.4 Å². The van der Waals surface area contributed by atoms with Crippen molar-refractivity contribution in [3.05, 3.63) is 106 Å². The molecule has 190 valence electrons. The standard InChI is InChI=1S/C25H21F2N5O4S/c26-16-7-3-14(4-8-16)12-30-24(34)21(15-5-9-17(27)10-6-15)32(13-18-2-1-11-36-18)25(35)22-19(28)20(23(29)33)31-37-22/h1-11,21H,12-13,28H2,(H2,29,33)(H,30,34). The minimum absolute atomic E-state index is 0.0358. The molecule has 1 unspecified atom stereocenters. The number of hydrogen-bond donors (Lipinski definition) is 3. The second kappa shape index (κ2) is 11.0. The number of rotatable bonds is 9. The Hall–Kier alpha value is -4.58. The van der Waals surface area contributed by atoms with E-state index in [0.29, 0.717) is 28.4 Å². The van der Waals surface area contributed by atoms with Crippen molar-refractivity contribution in [1.82, 2.24) is 14.6 Å². The monoisotopic (exact) mass is 525 g/mol. The number of nitrogens with one attached hydrogen (secondary N) is 1. The van der Waals surface area contributed by atoms with Crippen molar-refractivity contribution >= 4 is 34.9 Å². The van der Waals surface area contributed by atoms with Gasteiger partial charge in [0.25, 0.3) is 11.8 Å². The summed E-state index contributed by atoms with van der Waals surface area (Å²) in [5, 5.41) is 2.74. The predicted octanol–water partition coefficient (Wildman–Crippen LogP) is 3.40. The van der Waals surface area contributed by atoms with Gasteiger partial charge >= 0.3 is 0 Å². The van der Waals surface area contributed by atoms with E-state index in [9.17, 15) is 23.2 Å². The maximum Gasteiger partial charge on any atom is 0.270 e. The molecule has 3 amide bonds. The summed E-state index contributed by atoms with van der Waals surface area (Å²) in [6, 6.07) is 12.6. The Morgan fingerprint density at radius 2 is 1.68 bits per heavy atom. The predicted molar refractivity (Wildman–Crippen MR) is 131 cm³/mol. The van der Waals surface area contributed by atoms with Crippen LogP contribution >= 0.6 is 11.5 Å². The van der Waals surface area contributed by atoms with Crippen molar-refractivity contribution < 1.29 is 27.6 Å². The Balaban J connectivity index is 1.74. The molecule has 0 aliphatic heterocycles. The number of hydrogen-bond acceptors (Lipinski definition) is 7. The summed E-state index contributed by atoms with van der Waals surface area (Å²) >= 11 is 0.667. The van der Waals surface area contributed by atoms with Crippen molar-refractivity contribution in [2.45, 2.75) is 19.1 Å². The molecule has 0 saturated carbocycles. The zero-order valence-electron chi connectivity index (χ0n) is 19.2. The van der Waals surface area contributed by atoms with E-state index in [0.717, 1.165) is 12.1 Å². The number of nitrogens with zero attached hydrogens (tertiary/aromatic N) is 2. The average molecular weight is 526 g/mol. The van der Waals surface area contributed by atoms with E-state index in [1.54, 1.807) is 12.1 Å². The van der Waals surface area contributed by atoms with Gasteiger partial charge in [0.15, 0.2) is 5.69 Å². The number of carbonyl (C=O) groups is 3. The minimum atomic E-state index is -1.27. The normalized spacial score (nSPS) is 11.6. The number of benzene rings is 2. The van der Waals surface area contributed by atoms with Gasteiger partial charge in [-0.3, -0.25) is 14.4 Å². The van der Waals surface area contributed by atoms with Crippen LogP contribution in [0.4, 0.5) is 14.5 Å². The lowest BCUT2D eigenvalue weighted by molar-refractivity contribution is -0.126. The van der Waals surface area contributed by atoms with E-state index in [4.69, 9.17) is 15.9 Å². The molecule has 37 heavy (non-hydrogen) atoms. The third kappa shape index (κ3) is 5.81. The van der Waals surface area contributed by atoms with Gasteiger partial charge in [-0.15, -0.1) is 0 Å². The average Bonchev–Trinajstić information content (AvgIpc) is 3.53. The van der Waals surface area contributed by atoms with Crippen molar-refractivity contribution in [1.29, 1.82) is 0 Å². The van der Waals surface area contributed by atoms with Crippen LogP contribution in [0.25, 0.3) is 0 Å². The van der Waals surface area contributed by atoms with Crippen molar-refractivity contribution in [2.24, 2.45) is 5.73 Å². The molecule has 0 spiro atoms. The largest absolute Gasteiger partial charge is 0.467 e. The number of aromatic nitrogens is 1. The quantitative estimate of drug-likeness (QED) is 0.306. The molecule has 0 bridgehead atoms. The molecule has 2 aromatic carbocycles. The van der Waals surface area contributed by atoms with Crippen LogP contribution in [-0.4, -0.2) is 27.0 Å². The molecule has 2 aromatic heterocycles. The van der Waals surface area contributed by atoms with Crippen molar-refractivity contribution in [3.8, 4) is 0 Å². The summed E-state index contributed by atoms with van der Waals surface area (Å²) in [5.74, 6) is -2.83. The Kier molecular flexibility index (Phi) is 7.58. The second-order valence-corrected chi connectivity index (χ2v) is 8.72. The van der Waals surface area contributed by atoms with Gasteiger partial charge in [0, 0.05) is 6.54 Å². The topological polar surface area (TPSA) is 145 Å². The number of nitrogen functional groups attached to an aromatic ring is 1. The maximum absolute atomic E-state index is 13.8. The number of amides is 3. The molecule has 2 heterocycles. The highest BCUT2D eigenvalue weighted by Crippen LogP contribution is 2.30. The van der Waals surface area contributed by atoms with E-state index in [1.807, 2.05) is 0 Å². The Bertz CT molecular complexity index is 1410. The van der Waals surface area contributed by atoms with Crippen LogP contribution in [0.15, 0.2) is 71.3 Å². The van der Waals surface area contributed by atoms with Crippen LogP contribution in [-0.2, 0) is 17.9 Å². The lowest BCUT2D eigenvalue weighted by atomic mass is 10.0. The van der Waals surface area contributed by atoms with Crippen molar-refractivity contribution in [2.75, 3.05) is 5.73 Å². The van der Waals surface area contributed by atoms with Crippen LogP contribution < -0.4 is 16.8 Å². The van der Waals surface area contributed by atoms with Gasteiger partial charge in [0.2, 0.25) is 5.91 Å². The number of halogens is 2. The number of anilines is 1. The highest BCUT2D eigenvalue weighted by Gasteiger charge is 2.35. The molecule has 0 fully saturated rings. The minimum Gasteiger partial charge on any atom is -0.467 e. The van der Waals surface area contributed by atoms with E-state index >= 15 is 0 Å². The molecule has 0 saturated heterocycles. The third-order valence-electron chi connectivity index (χ3n) is 5.45. The first kappa shape index (κ1) is 25.5. The summed E-state index contributed by atoms with van der Waals surface area (Å²) in [6.45, 7) is -0.130. The molecule has 0 aliphatic carbocycles. The van der Waals surface area contributed by atoms with Gasteiger partial charge in [-0.05, 0) is 59.1 Å². The zero-order valence-corrected chi connectivity index (χ0v) is 20.0. The lowest BCUT2D eigenvalue weighted by Crippen LogP contribution is -2.43. The van der Waals surface area contributed by atoms with E-state index in [2.05, 4.69) is 9.69 Å². The lowest BCUT2D eigenvalue weighted by Gasteiger charge is -2.30. The second-order valence-electron chi connectivity index (χ2n) is 7.95. The Morgan fingerprint density at radius 1 is 1.03 bits per heavy atom. The third-order valence-corrected chi connectivity index (χ3v) is 6.30. The van der Waals surface area contributed by atoms with Crippen LogP contribution in [0.2, 0.25) is 0 Å². The molecule has 1 atom stereocenters. The van der Waals surface area contributed by atoms with Gasteiger partial charge in [-0.2, -0.15) is 4.37 Å². The highest BCUT2D eigenvalue weighted by molar-refractivity contribution is 7.09. The summed E-state index contributed by atoms with van der Waals surface area (Å²) in [4.78, 5) is 40.0.